The van der Waals surface area contributed by atoms with Crippen LogP contribution < -0.4 is 0 Å². The molecule has 2 aromatic heterocycles. The van der Waals surface area contributed by atoms with Gasteiger partial charge in [0, 0.05) is 38.8 Å². The summed E-state index contributed by atoms with van der Waals surface area (Å²) in [4.78, 5) is 0. The van der Waals surface area contributed by atoms with Crippen molar-refractivity contribution in [3.8, 4) is 78.7 Å². The zero-order valence-corrected chi connectivity index (χ0v) is 34.8. The van der Waals surface area contributed by atoms with Crippen LogP contribution in [0.2, 0.25) is 0 Å². The maximum atomic E-state index is 7.06. The van der Waals surface area contributed by atoms with E-state index in [0.717, 1.165) is 34.2 Å². The van der Waals surface area contributed by atoms with Gasteiger partial charge in [0.25, 0.3) is 0 Å². The fourth-order valence-corrected chi connectivity index (χ4v) is 13.0. The molecule has 0 atom stereocenters. The van der Waals surface area contributed by atoms with E-state index < -0.39 is 10.8 Å². The first-order valence-electron chi connectivity index (χ1n) is 22.2. The third kappa shape index (κ3) is 3.86. The lowest BCUT2D eigenvalue weighted by Crippen LogP contribution is -2.25. The van der Waals surface area contributed by atoms with Crippen molar-refractivity contribution in [3.63, 3.8) is 0 Å². The normalized spacial score (nSPS) is 15.8. The SMILES string of the molecule is CC1(C)c2cc(-c3cc4c(o3)-c3ccccc3C43c4ccccc4-c4ccccc43)ccc2-c2ccc(-c3cc4c(o3)-c3ccccc3C43c4ccccc4-c4ccccc43)cc21. The van der Waals surface area contributed by atoms with Crippen LogP contribution in [0.25, 0.3) is 78.7 Å². The summed E-state index contributed by atoms with van der Waals surface area (Å²) >= 11 is 0. The molecule has 5 aliphatic rings. The molecule has 0 saturated heterocycles. The second-order valence-electron chi connectivity index (χ2n) is 18.6. The third-order valence-electron chi connectivity index (χ3n) is 15.6. The predicted octanol–water partition coefficient (Wildman–Crippen LogP) is 15.2. The quantitative estimate of drug-likeness (QED) is 0.174. The monoisotopic (exact) mass is 802 g/mol. The topological polar surface area (TPSA) is 26.3 Å². The maximum absolute atomic E-state index is 7.06. The Labute approximate surface area is 365 Å². The van der Waals surface area contributed by atoms with Gasteiger partial charge >= 0.3 is 0 Å². The molecule has 2 nitrogen and oxygen atoms in total. The van der Waals surface area contributed by atoms with Crippen molar-refractivity contribution in [2.24, 2.45) is 0 Å². The van der Waals surface area contributed by atoms with Crippen LogP contribution in [0.1, 0.15) is 69.5 Å². The first kappa shape index (κ1) is 34.0. The lowest BCUT2D eigenvalue weighted by atomic mass is 9.71. The summed E-state index contributed by atoms with van der Waals surface area (Å²) in [6, 6.07) is 72.0. The zero-order valence-electron chi connectivity index (χ0n) is 34.8. The Hall–Kier alpha value is -7.68. The summed E-state index contributed by atoms with van der Waals surface area (Å²) in [5.41, 5.74) is 24.1. The molecule has 0 radical (unpaired) electrons. The molecule has 0 fully saturated rings. The molecule has 0 aliphatic heterocycles. The van der Waals surface area contributed by atoms with Gasteiger partial charge in [0.2, 0.25) is 0 Å². The largest absolute Gasteiger partial charge is 0.456 e. The average molecular weight is 803 g/mol. The van der Waals surface area contributed by atoms with Crippen LogP contribution in [-0.4, -0.2) is 0 Å². The highest BCUT2D eigenvalue weighted by Gasteiger charge is 2.55. The number of furan rings is 2. The number of fused-ring (bicyclic) bond motifs is 23. The molecule has 0 amide bonds. The van der Waals surface area contributed by atoms with Gasteiger partial charge in [-0.05, 0) is 102 Å². The molecule has 2 heteroatoms. The Morgan fingerprint density at radius 1 is 0.270 bits per heavy atom. The van der Waals surface area contributed by atoms with E-state index in [2.05, 4.69) is 208 Å². The molecule has 63 heavy (non-hydrogen) atoms. The molecule has 8 aromatic carbocycles. The standard InChI is InChI=1S/C61H38O2/c1-59(2)51-31-35(55-33-53-57(62-55)43-19-7-13-25-49(43)60(53)45-21-9-3-15-37(45)38-16-4-10-22-46(38)60)27-29-41(51)42-30-28-36(32-52(42)59)56-34-54-58(63-56)44-20-8-14-26-50(44)61(54)47-23-11-5-17-39(47)40-18-6-12-24-48(40)61/h3-34H,1-2H3. The van der Waals surface area contributed by atoms with Crippen molar-refractivity contribution >= 4 is 0 Å². The van der Waals surface area contributed by atoms with E-state index in [-0.39, 0.29) is 5.41 Å². The first-order chi connectivity index (χ1) is 31.0. The minimum absolute atomic E-state index is 0.254. The van der Waals surface area contributed by atoms with Gasteiger partial charge in [-0.3, -0.25) is 0 Å². The highest BCUT2D eigenvalue weighted by molar-refractivity contribution is 5.97. The van der Waals surface area contributed by atoms with Crippen molar-refractivity contribution in [3.05, 3.63) is 250 Å². The van der Waals surface area contributed by atoms with Gasteiger partial charge in [-0.1, -0.05) is 184 Å². The Balaban J connectivity index is 0.848. The van der Waals surface area contributed by atoms with Gasteiger partial charge in [0.15, 0.2) is 0 Å². The fourth-order valence-electron chi connectivity index (χ4n) is 13.0. The highest BCUT2D eigenvalue weighted by Crippen LogP contribution is 2.66. The van der Waals surface area contributed by atoms with Gasteiger partial charge in [-0.2, -0.15) is 0 Å². The Morgan fingerprint density at radius 3 is 0.905 bits per heavy atom. The van der Waals surface area contributed by atoms with Crippen LogP contribution in [0.4, 0.5) is 0 Å². The van der Waals surface area contributed by atoms with Crippen molar-refractivity contribution in [1.29, 1.82) is 0 Å². The number of hydrogen-bond acceptors (Lipinski definition) is 2. The van der Waals surface area contributed by atoms with Gasteiger partial charge in [-0.25, -0.2) is 0 Å². The van der Waals surface area contributed by atoms with Crippen molar-refractivity contribution < 1.29 is 8.83 Å². The second-order valence-corrected chi connectivity index (χ2v) is 18.6. The first-order valence-corrected chi connectivity index (χ1v) is 22.2. The Morgan fingerprint density at radius 2 is 0.556 bits per heavy atom. The summed E-state index contributed by atoms with van der Waals surface area (Å²) in [7, 11) is 0. The molecule has 0 unspecified atom stereocenters. The molecule has 294 valence electrons. The van der Waals surface area contributed by atoms with Crippen molar-refractivity contribution in [1.82, 2.24) is 0 Å². The minimum atomic E-state index is -0.429. The van der Waals surface area contributed by atoms with E-state index in [1.165, 1.54) is 100 Å². The smallest absolute Gasteiger partial charge is 0.139 e. The van der Waals surface area contributed by atoms with E-state index in [4.69, 9.17) is 8.83 Å². The van der Waals surface area contributed by atoms with Gasteiger partial charge < -0.3 is 8.83 Å². The summed E-state index contributed by atoms with van der Waals surface area (Å²) in [5.74, 6) is 3.75. The summed E-state index contributed by atoms with van der Waals surface area (Å²) in [6.07, 6.45) is 0. The van der Waals surface area contributed by atoms with Crippen LogP contribution in [0.5, 0.6) is 0 Å². The molecule has 10 aromatic rings. The average Bonchev–Trinajstić information content (AvgIpc) is 4.19. The second kappa shape index (κ2) is 11.4. The third-order valence-corrected chi connectivity index (χ3v) is 15.6. The lowest BCUT2D eigenvalue weighted by Gasteiger charge is -2.29. The fraction of sp³-hybridized carbons (Fsp3) is 0.0820. The van der Waals surface area contributed by atoms with Gasteiger partial charge in [0.1, 0.15) is 23.0 Å². The minimum Gasteiger partial charge on any atom is -0.456 e. The number of rotatable bonds is 2. The molecule has 0 N–H and O–H groups in total. The van der Waals surface area contributed by atoms with Gasteiger partial charge in [-0.15, -0.1) is 0 Å². The summed E-state index contributed by atoms with van der Waals surface area (Å²) in [6.45, 7) is 4.73. The maximum Gasteiger partial charge on any atom is 0.139 e. The molecule has 0 bridgehead atoms. The molecular weight excluding hydrogens is 765 g/mol. The van der Waals surface area contributed by atoms with Crippen LogP contribution in [0, 0.1) is 0 Å². The van der Waals surface area contributed by atoms with Crippen LogP contribution in [0.15, 0.2) is 203 Å². The lowest BCUT2D eigenvalue weighted by molar-refractivity contribution is 0.595. The molecule has 2 heterocycles. The number of benzene rings is 8. The van der Waals surface area contributed by atoms with Crippen molar-refractivity contribution in [2.45, 2.75) is 30.1 Å². The zero-order chi connectivity index (χ0) is 41.4. The molecule has 2 spiro atoms. The number of hydrogen-bond donors (Lipinski definition) is 0. The van der Waals surface area contributed by atoms with Gasteiger partial charge in [0.05, 0.1) is 10.8 Å². The molecular formula is C61H38O2. The van der Waals surface area contributed by atoms with E-state index in [1.54, 1.807) is 0 Å². The van der Waals surface area contributed by atoms with E-state index in [1.807, 2.05) is 0 Å². The van der Waals surface area contributed by atoms with E-state index in [9.17, 15) is 0 Å². The molecule has 15 rings (SSSR count). The van der Waals surface area contributed by atoms with E-state index in [0.29, 0.717) is 0 Å². The Kier molecular flexibility index (Phi) is 6.15. The van der Waals surface area contributed by atoms with E-state index >= 15 is 0 Å². The predicted molar refractivity (Wildman–Crippen MR) is 252 cm³/mol. The van der Waals surface area contributed by atoms with Crippen LogP contribution in [-0.2, 0) is 16.2 Å². The molecule has 5 aliphatic carbocycles. The summed E-state index contributed by atoms with van der Waals surface area (Å²) in [5, 5.41) is 0. The van der Waals surface area contributed by atoms with Crippen molar-refractivity contribution in [2.75, 3.05) is 0 Å². The highest BCUT2D eigenvalue weighted by atomic mass is 16.3. The van der Waals surface area contributed by atoms with Crippen LogP contribution >= 0.6 is 0 Å². The Bertz CT molecular complexity index is 3350. The van der Waals surface area contributed by atoms with Crippen LogP contribution in [0.3, 0.4) is 0 Å². The molecule has 0 saturated carbocycles. The summed E-state index contributed by atoms with van der Waals surface area (Å²) < 4.78 is 14.1.